The molecule has 1 aliphatic heterocycles. The third-order valence-electron chi connectivity index (χ3n) is 4.73. The van der Waals surface area contributed by atoms with Gasteiger partial charge in [-0.1, -0.05) is 6.07 Å². The number of carbonyl (C=O) groups is 1. The van der Waals surface area contributed by atoms with Crippen LogP contribution in [0.1, 0.15) is 23.3 Å². The lowest BCUT2D eigenvalue weighted by molar-refractivity contribution is 0.0995. The molecule has 1 saturated heterocycles. The lowest BCUT2D eigenvalue weighted by Gasteiger charge is -2.23. The molecule has 1 aliphatic rings. The zero-order chi connectivity index (χ0) is 18.8. The van der Waals surface area contributed by atoms with Gasteiger partial charge in [0.1, 0.15) is 0 Å². The summed E-state index contributed by atoms with van der Waals surface area (Å²) >= 11 is 0. The van der Waals surface area contributed by atoms with Crippen LogP contribution in [-0.2, 0) is 7.05 Å². The average Bonchev–Trinajstić information content (AvgIpc) is 3.05. The minimum atomic E-state index is -0.677. The van der Waals surface area contributed by atoms with Crippen LogP contribution in [0.4, 0.5) is 17.5 Å². The highest BCUT2D eigenvalue weighted by Gasteiger charge is 2.18. The molecule has 3 heterocycles. The van der Waals surface area contributed by atoms with E-state index in [0.717, 1.165) is 42.5 Å². The van der Waals surface area contributed by atoms with E-state index < -0.39 is 5.91 Å². The minimum Gasteiger partial charge on any atom is -0.364 e. The van der Waals surface area contributed by atoms with Gasteiger partial charge in [0.05, 0.1) is 0 Å². The van der Waals surface area contributed by atoms with Crippen LogP contribution in [0.2, 0.25) is 0 Å². The molecule has 0 bridgehead atoms. The molecule has 9 nitrogen and oxygen atoms in total. The summed E-state index contributed by atoms with van der Waals surface area (Å²) in [5.74, 6) is -0.0137. The summed E-state index contributed by atoms with van der Waals surface area (Å²) in [7, 11) is 1.98. The van der Waals surface area contributed by atoms with Gasteiger partial charge in [-0.15, -0.1) is 10.2 Å². The molecule has 2 aromatic heterocycles. The first-order valence-electron chi connectivity index (χ1n) is 8.94. The molecule has 0 spiro atoms. The van der Waals surface area contributed by atoms with E-state index in [-0.39, 0.29) is 11.7 Å². The van der Waals surface area contributed by atoms with Crippen molar-refractivity contribution >= 4 is 34.3 Å². The number of benzene rings is 1. The number of aryl methyl sites for hydroxylation is 1. The maximum atomic E-state index is 11.8. The van der Waals surface area contributed by atoms with Gasteiger partial charge in [-0.3, -0.25) is 4.79 Å². The summed E-state index contributed by atoms with van der Waals surface area (Å²) in [6.07, 6.45) is 4.09. The summed E-state index contributed by atoms with van der Waals surface area (Å²) < 4.78 is 2.02. The molecule has 1 amide bonds. The van der Waals surface area contributed by atoms with Crippen molar-refractivity contribution in [2.75, 3.05) is 23.7 Å². The van der Waals surface area contributed by atoms with E-state index in [0.29, 0.717) is 11.8 Å². The largest absolute Gasteiger partial charge is 0.364 e. The number of hydrogen-bond acceptors (Lipinski definition) is 7. The zero-order valence-electron chi connectivity index (χ0n) is 15.1. The molecule has 3 aromatic rings. The molecular weight excluding hydrogens is 344 g/mol. The Morgan fingerprint density at radius 1 is 1.33 bits per heavy atom. The standard InChI is InChI=1S/C18H22N8O/c1-26-9-7-12-13(5-2-6-14(12)26)22-17-15(16(19)27)24-25-18(23-17)21-11-4-3-8-20-10-11/h2,5-7,9,11,20H,3-4,8,10H2,1H3,(H2,19,27)(H2,21,22,23,25)/t11-/m0/s1. The Labute approximate surface area is 156 Å². The van der Waals surface area contributed by atoms with Crippen LogP contribution in [-0.4, -0.2) is 44.8 Å². The van der Waals surface area contributed by atoms with E-state index in [2.05, 4.69) is 31.1 Å². The van der Waals surface area contributed by atoms with Crippen molar-refractivity contribution in [2.45, 2.75) is 18.9 Å². The average molecular weight is 366 g/mol. The number of nitrogens with one attached hydrogen (secondary N) is 3. The number of nitrogens with zero attached hydrogens (tertiary/aromatic N) is 4. The molecule has 0 aliphatic carbocycles. The Bertz CT molecular complexity index is 977. The van der Waals surface area contributed by atoms with Crippen LogP contribution in [0, 0.1) is 0 Å². The fourth-order valence-electron chi connectivity index (χ4n) is 3.34. The van der Waals surface area contributed by atoms with E-state index in [1.807, 2.05) is 42.1 Å². The Morgan fingerprint density at radius 2 is 2.22 bits per heavy atom. The van der Waals surface area contributed by atoms with Gasteiger partial charge in [0.25, 0.3) is 5.91 Å². The maximum Gasteiger partial charge on any atom is 0.273 e. The summed E-state index contributed by atoms with van der Waals surface area (Å²) in [5.41, 5.74) is 7.36. The molecule has 0 unspecified atom stereocenters. The second-order valence-electron chi connectivity index (χ2n) is 6.67. The Hall–Kier alpha value is -3.20. The van der Waals surface area contributed by atoms with Gasteiger partial charge >= 0.3 is 0 Å². The molecular formula is C18H22N8O. The second-order valence-corrected chi connectivity index (χ2v) is 6.67. The molecule has 1 aromatic carbocycles. The van der Waals surface area contributed by atoms with E-state index in [4.69, 9.17) is 5.73 Å². The fraction of sp³-hybridized carbons (Fsp3) is 0.333. The predicted octanol–water partition coefficient (Wildman–Crippen LogP) is 1.37. The summed E-state index contributed by atoms with van der Waals surface area (Å²) in [4.78, 5) is 16.3. The van der Waals surface area contributed by atoms with E-state index in [9.17, 15) is 4.79 Å². The van der Waals surface area contributed by atoms with E-state index >= 15 is 0 Å². The maximum absolute atomic E-state index is 11.8. The van der Waals surface area contributed by atoms with Gasteiger partial charge in [0, 0.05) is 42.4 Å². The van der Waals surface area contributed by atoms with Crippen LogP contribution in [0.3, 0.4) is 0 Å². The number of amides is 1. The summed E-state index contributed by atoms with van der Waals surface area (Å²) in [5, 5.41) is 18.8. The van der Waals surface area contributed by atoms with Gasteiger partial charge < -0.3 is 26.3 Å². The zero-order valence-corrected chi connectivity index (χ0v) is 15.1. The van der Waals surface area contributed by atoms with Crippen LogP contribution in [0.15, 0.2) is 30.5 Å². The molecule has 140 valence electrons. The Balaban J connectivity index is 1.66. The molecule has 0 saturated carbocycles. The Morgan fingerprint density at radius 3 is 3.00 bits per heavy atom. The molecule has 1 fully saturated rings. The smallest absolute Gasteiger partial charge is 0.273 e. The van der Waals surface area contributed by atoms with Gasteiger partial charge in [-0.2, -0.15) is 4.98 Å². The number of hydrogen-bond donors (Lipinski definition) is 4. The molecule has 9 heteroatoms. The van der Waals surface area contributed by atoms with E-state index in [1.165, 1.54) is 0 Å². The highest BCUT2D eigenvalue weighted by atomic mass is 16.1. The SMILES string of the molecule is Cn1ccc2c(Nc3nc(N[C@H]4CCCNC4)nnc3C(N)=O)cccc21. The highest BCUT2D eigenvalue weighted by Crippen LogP contribution is 2.27. The molecule has 0 radical (unpaired) electrons. The van der Waals surface area contributed by atoms with Crippen molar-refractivity contribution in [3.8, 4) is 0 Å². The predicted molar refractivity (Wildman–Crippen MR) is 104 cm³/mol. The third kappa shape index (κ3) is 3.54. The first-order valence-corrected chi connectivity index (χ1v) is 8.94. The van der Waals surface area contributed by atoms with Crippen LogP contribution in [0.5, 0.6) is 0 Å². The van der Waals surface area contributed by atoms with Crippen molar-refractivity contribution in [2.24, 2.45) is 12.8 Å². The van der Waals surface area contributed by atoms with Crippen LogP contribution < -0.4 is 21.7 Å². The number of primary amides is 1. The normalized spacial score (nSPS) is 17.0. The topological polar surface area (TPSA) is 123 Å². The molecule has 1 atom stereocenters. The summed E-state index contributed by atoms with van der Waals surface area (Å²) in [6.45, 7) is 1.86. The summed E-state index contributed by atoms with van der Waals surface area (Å²) in [6, 6.07) is 8.12. The minimum absolute atomic E-state index is 0.00949. The van der Waals surface area contributed by atoms with Gasteiger partial charge in [-0.25, -0.2) is 0 Å². The van der Waals surface area contributed by atoms with Gasteiger partial charge in [0.15, 0.2) is 11.5 Å². The van der Waals surface area contributed by atoms with Crippen molar-refractivity contribution < 1.29 is 4.79 Å². The van der Waals surface area contributed by atoms with E-state index in [1.54, 1.807) is 0 Å². The molecule has 5 N–H and O–H groups in total. The second kappa shape index (κ2) is 7.20. The van der Waals surface area contributed by atoms with Crippen LogP contribution in [0.25, 0.3) is 10.9 Å². The Kier molecular flexibility index (Phi) is 4.59. The van der Waals surface area contributed by atoms with Crippen LogP contribution >= 0.6 is 0 Å². The van der Waals surface area contributed by atoms with Crippen molar-refractivity contribution in [1.82, 2.24) is 25.1 Å². The highest BCUT2D eigenvalue weighted by molar-refractivity contribution is 5.99. The fourth-order valence-corrected chi connectivity index (χ4v) is 3.34. The first kappa shape index (κ1) is 17.2. The van der Waals surface area contributed by atoms with Crippen molar-refractivity contribution in [3.05, 3.63) is 36.2 Å². The number of piperidine rings is 1. The number of fused-ring (bicyclic) bond motifs is 1. The quantitative estimate of drug-likeness (QED) is 0.538. The van der Waals surface area contributed by atoms with Crippen molar-refractivity contribution in [3.63, 3.8) is 0 Å². The van der Waals surface area contributed by atoms with Gasteiger partial charge in [0.2, 0.25) is 5.95 Å². The monoisotopic (exact) mass is 366 g/mol. The number of nitrogens with two attached hydrogens (primary N) is 1. The number of aromatic nitrogens is 4. The third-order valence-corrected chi connectivity index (χ3v) is 4.73. The number of rotatable bonds is 5. The molecule has 27 heavy (non-hydrogen) atoms. The van der Waals surface area contributed by atoms with Gasteiger partial charge in [-0.05, 0) is 37.6 Å². The number of carbonyl (C=O) groups excluding carboxylic acids is 1. The number of anilines is 3. The lowest BCUT2D eigenvalue weighted by Crippen LogP contribution is -2.39. The first-order chi connectivity index (χ1) is 13.1. The molecule has 4 rings (SSSR count). The lowest BCUT2D eigenvalue weighted by atomic mass is 10.1. The van der Waals surface area contributed by atoms with Crippen molar-refractivity contribution in [1.29, 1.82) is 0 Å².